The second-order valence-electron chi connectivity index (χ2n) is 9.19. The van der Waals surface area contributed by atoms with Gasteiger partial charge in [-0.3, -0.25) is 4.48 Å². The van der Waals surface area contributed by atoms with E-state index in [-0.39, 0.29) is 17.2 Å². The van der Waals surface area contributed by atoms with E-state index in [0.29, 0.717) is 41.6 Å². The molecule has 1 saturated heterocycles. The van der Waals surface area contributed by atoms with Gasteiger partial charge in [-0.05, 0) is 35.4 Å². The number of carbonyl (C=O) groups is 1. The van der Waals surface area contributed by atoms with Crippen molar-refractivity contribution in [3.8, 4) is 0 Å². The Kier molecular flexibility index (Phi) is 5.91. The summed E-state index contributed by atoms with van der Waals surface area (Å²) in [5.74, 6) is -1.19. The molecule has 2 aromatic carbocycles. The SMILES string of the molecule is C[N+]1(C)C2=C=CC1C[C@H](OC(=O)C(O)(c1ccc(C(F)(F)F)cc1)c1ccc(C(F)(F)F)cc1)C2. The van der Waals surface area contributed by atoms with Crippen molar-refractivity contribution >= 4 is 5.97 Å². The van der Waals surface area contributed by atoms with Gasteiger partial charge in [0.05, 0.1) is 31.6 Å². The van der Waals surface area contributed by atoms with Crippen molar-refractivity contribution < 1.29 is 45.5 Å². The maximum absolute atomic E-state index is 13.3. The summed E-state index contributed by atoms with van der Waals surface area (Å²) in [5.41, 5.74) is -1.13. The van der Waals surface area contributed by atoms with Gasteiger partial charge in [-0.1, -0.05) is 30.0 Å². The molecular formula is C25H22F6NO3+. The number of rotatable bonds is 4. The first-order valence-electron chi connectivity index (χ1n) is 10.7. The van der Waals surface area contributed by atoms with Gasteiger partial charge in [-0.2, -0.15) is 26.3 Å². The van der Waals surface area contributed by atoms with E-state index in [9.17, 15) is 36.2 Å². The molecule has 35 heavy (non-hydrogen) atoms. The van der Waals surface area contributed by atoms with Crippen molar-refractivity contribution in [1.82, 2.24) is 0 Å². The van der Waals surface area contributed by atoms with Crippen molar-refractivity contribution in [1.29, 1.82) is 0 Å². The number of alkyl halides is 6. The molecule has 10 heteroatoms. The second-order valence-corrected chi connectivity index (χ2v) is 9.19. The molecule has 0 amide bonds. The van der Waals surface area contributed by atoms with Crippen LogP contribution in [0.15, 0.2) is 66.0 Å². The smallest absolute Gasteiger partial charge is 0.416 e. The Bertz CT molecular complexity index is 1130. The molecule has 1 N–H and O–H groups in total. The molecule has 2 aromatic rings. The van der Waals surface area contributed by atoms with Crippen LogP contribution < -0.4 is 0 Å². The summed E-state index contributed by atoms with van der Waals surface area (Å²) < 4.78 is 84.4. The van der Waals surface area contributed by atoms with Crippen LogP contribution >= 0.6 is 0 Å². The first kappa shape index (κ1) is 25.0. The highest BCUT2D eigenvalue weighted by atomic mass is 19.4. The third-order valence-corrected chi connectivity index (χ3v) is 6.72. The molecule has 0 aromatic heterocycles. The lowest BCUT2D eigenvalue weighted by Gasteiger charge is -2.40. The molecule has 4 nitrogen and oxygen atoms in total. The lowest BCUT2D eigenvalue weighted by Crippen LogP contribution is -2.51. The highest BCUT2D eigenvalue weighted by Crippen LogP contribution is 2.40. The minimum absolute atomic E-state index is 0.0122. The van der Waals surface area contributed by atoms with Crippen molar-refractivity contribution in [2.24, 2.45) is 0 Å². The average Bonchev–Trinajstić information content (AvgIpc) is 2.93. The maximum atomic E-state index is 13.3. The summed E-state index contributed by atoms with van der Waals surface area (Å²) in [6.45, 7) is 0. The van der Waals surface area contributed by atoms with Gasteiger partial charge in [-0.25, -0.2) is 4.79 Å². The number of halogens is 6. The summed E-state index contributed by atoms with van der Waals surface area (Å²) in [7, 11) is 3.96. The van der Waals surface area contributed by atoms with Gasteiger partial charge in [-0.15, -0.1) is 0 Å². The van der Waals surface area contributed by atoms with Crippen molar-refractivity contribution in [2.75, 3.05) is 14.1 Å². The van der Waals surface area contributed by atoms with E-state index in [1.54, 1.807) is 0 Å². The Morgan fingerprint density at radius 1 is 0.886 bits per heavy atom. The summed E-state index contributed by atoms with van der Waals surface area (Å²) in [5, 5.41) is 11.5. The van der Waals surface area contributed by atoms with E-state index < -0.39 is 41.2 Å². The maximum Gasteiger partial charge on any atom is 0.416 e. The largest absolute Gasteiger partial charge is 0.459 e. The molecule has 2 atom stereocenters. The Morgan fingerprint density at radius 3 is 1.71 bits per heavy atom. The van der Waals surface area contributed by atoms with Crippen LogP contribution in [0.4, 0.5) is 26.3 Å². The first-order valence-corrected chi connectivity index (χ1v) is 10.7. The fraction of sp³-hybridized carbons (Fsp3) is 0.360. The van der Waals surface area contributed by atoms with Crippen LogP contribution in [-0.4, -0.2) is 41.8 Å². The van der Waals surface area contributed by atoms with Gasteiger partial charge in [0.1, 0.15) is 12.1 Å². The van der Waals surface area contributed by atoms with Crippen LogP contribution in [-0.2, 0) is 27.5 Å². The quantitative estimate of drug-likeness (QED) is 0.274. The number of esters is 1. The summed E-state index contributed by atoms with van der Waals surface area (Å²) in [4.78, 5) is 13.3. The number of benzene rings is 2. The molecule has 2 aliphatic heterocycles. The predicted molar refractivity (Wildman–Crippen MR) is 112 cm³/mol. The number of nitrogens with zero attached hydrogens (tertiary/aromatic N) is 1. The van der Waals surface area contributed by atoms with Crippen molar-refractivity contribution in [2.45, 2.75) is 42.9 Å². The second kappa shape index (κ2) is 8.26. The lowest BCUT2D eigenvalue weighted by atomic mass is 9.85. The fourth-order valence-corrected chi connectivity index (χ4v) is 4.47. The first-order chi connectivity index (χ1) is 16.1. The molecule has 0 spiro atoms. The molecule has 0 saturated carbocycles. The number of aliphatic hydroxyl groups is 1. The number of likely N-dealkylation sites (N-methyl/N-ethyl adjacent to an activating group) is 1. The van der Waals surface area contributed by atoms with Crippen LogP contribution in [0.3, 0.4) is 0 Å². The van der Waals surface area contributed by atoms with E-state index >= 15 is 0 Å². The highest BCUT2D eigenvalue weighted by molar-refractivity contribution is 5.85. The Labute approximate surface area is 197 Å². The van der Waals surface area contributed by atoms with E-state index in [1.165, 1.54) is 0 Å². The zero-order valence-corrected chi connectivity index (χ0v) is 18.7. The van der Waals surface area contributed by atoms with Gasteiger partial charge in [0.2, 0.25) is 5.60 Å². The Morgan fingerprint density at radius 2 is 1.31 bits per heavy atom. The number of piperidine rings is 1. The normalized spacial score (nSPS) is 21.6. The zero-order chi connectivity index (χ0) is 25.8. The summed E-state index contributed by atoms with van der Waals surface area (Å²) in [6, 6.07) is 6.39. The molecule has 186 valence electrons. The van der Waals surface area contributed by atoms with Crippen LogP contribution in [0.1, 0.15) is 35.1 Å². The predicted octanol–water partition coefficient (Wildman–Crippen LogP) is 5.16. The van der Waals surface area contributed by atoms with Gasteiger partial charge in [0.15, 0.2) is 5.70 Å². The molecule has 0 aliphatic carbocycles. The molecular weight excluding hydrogens is 476 g/mol. The number of carbonyl (C=O) groups excluding carboxylic acids is 1. The van der Waals surface area contributed by atoms with E-state index in [0.717, 1.165) is 30.0 Å². The van der Waals surface area contributed by atoms with E-state index in [1.807, 2.05) is 20.2 Å². The minimum Gasteiger partial charge on any atom is -0.459 e. The molecule has 2 aliphatic rings. The Hall–Kier alpha value is -3.07. The minimum atomic E-state index is -4.65. The number of quaternary nitrogens is 1. The zero-order valence-electron chi connectivity index (χ0n) is 18.7. The van der Waals surface area contributed by atoms with E-state index in [4.69, 9.17) is 4.74 Å². The molecule has 2 heterocycles. The van der Waals surface area contributed by atoms with E-state index in [2.05, 4.69) is 5.73 Å². The van der Waals surface area contributed by atoms with Crippen LogP contribution in [0, 0.1) is 0 Å². The van der Waals surface area contributed by atoms with Gasteiger partial charge in [0, 0.05) is 12.5 Å². The number of fused-ring (bicyclic) bond motifs is 2. The molecule has 1 fully saturated rings. The van der Waals surface area contributed by atoms with Gasteiger partial charge in [0.25, 0.3) is 0 Å². The summed E-state index contributed by atoms with van der Waals surface area (Å²) in [6.07, 6.45) is -7.32. The lowest BCUT2D eigenvalue weighted by molar-refractivity contribution is -0.874. The molecule has 0 radical (unpaired) electrons. The standard InChI is InChI=1S/C25H22F6NO3/c1-32(2)19-11-12-20(32)14-21(13-19)35-22(33)23(34,15-3-7-17(8-4-15)24(26,27)28)16-5-9-18(10-6-16)25(29,30)31/h3-11,19,21,34H,13-14H2,1-2H3/q+1/t19?,21-/m0/s1. The molecule has 2 bridgehead atoms. The summed E-state index contributed by atoms with van der Waals surface area (Å²) >= 11 is 0. The number of hydrogen-bond acceptors (Lipinski definition) is 3. The van der Waals surface area contributed by atoms with Crippen molar-refractivity contribution in [3.63, 3.8) is 0 Å². The third kappa shape index (κ3) is 4.49. The average molecular weight is 498 g/mol. The molecule has 4 rings (SSSR count). The van der Waals surface area contributed by atoms with Crippen molar-refractivity contribution in [3.05, 3.63) is 88.3 Å². The Balaban J connectivity index is 1.69. The van der Waals surface area contributed by atoms with Crippen LogP contribution in [0.25, 0.3) is 0 Å². The number of hydrogen-bond donors (Lipinski definition) is 1. The topological polar surface area (TPSA) is 46.5 Å². The fourth-order valence-electron chi connectivity index (χ4n) is 4.47. The van der Waals surface area contributed by atoms with Gasteiger partial charge < -0.3 is 9.84 Å². The molecule has 1 unspecified atom stereocenters. The highest BCUT2D eigenvalue weighted by Gasteiger charge is 2.48. The third-order valence-electron chi connectivity index (χ3n) is 6.72. The monoisotopic (exact) mass is 498 g/mol. The van der Waals surface area contributed by atoms with Gasteiger partial charge >= 0.3 is 18.3 Å². The number of ether oxygens (including phenoxy) is 1. The van der Waals surface area contributed by atoms with Crippen LogP contribution in [0.2, 0.25) is 0 Å². The van der Waals surface area contributed by atoms with Crippen LogP contribution in [0.5, 0.6) is 0 Å².